The average molecular weight is 342 g/mol. The van der Waals surface area contributed by atoms with E-state index in [4.69, 9.17) is 4.74 Å². The fraction of sp³-hybridized carbons (Fsp3) is 0.588. The molecule has 2 fully saturated rings. The minimum atomic E-state index is -4.33. The lowest BCUT2D eigenvalue weighted by atomic mass is 9.98. The van der Waals surface area contributed by atoms with E-state index < -0.39 is 18.8 Å². The van der Waals surface area contributed by atoms with Gasteiger partial charge < -0.3 is 9.64 Å². The maximum atomic E-state index is 12.5. The Hall–Kier alpha value is -1.76. The van der Waals surface area contributed by atoms with Crippen molar-refractivity contribution in [3.8, 4) is 5.75 Å². The van der Waals surface area contributed by atoms with Crippen molar-refractivity contribution in [1.82, 2.24) is 9.80 Å². The molecule has 0 N–H and O–H groups in total. The van der Waals surface area contributed by atoms with Crippen molar-refractivity contribution in [2.75, 3.05) is 33.3 Å². The normalized spacial score (nSPS) is 25.5. The number of benzene rings is 1. The van der Waals surface area contributed by atoms with Crippen LogP contribution >= 0.6 is 0 Å². The van der Waals surface area contributed by atoms with Gasteiger partial charge in [0.25, 0.3) is 0 Å². The molecule has 0 radical (unpaired) electrons. The molecule has 0 spiro atoms. The lowest BCUT2D eigenvalue weighted by molar-refractivity contribution is -0.159. The van der Waals surface area contributed by atoms with Gasteiger partial charge in [0.1, 0.15) is 12.3 Å². The van der Waals surface area contributed by atoms with Crippen molar-refractivity contribution in [3.63, 3.8) is 0 Å². The van der Waals surface area contributed by atoms with Gasteiger partial charge in [-0.2, -0.15) is 13.2 Å². The summed E-state index contributed by atoms with van der Waals surface area (Å²) in [5, 5.41) is 0. The molecule has 2 aliphatic heterocycles. The lowest BCUT2D eigenvalue weighted by Gasteiger charge is -2.24. The number of hydrogen-bond acceptors (Lipinski definition) is 3. The SMILES string of the molecule is COc1ccc(C2CCN(C3CCN(CC(F)(F)F)C3=O)C2)cc1. The molecule has 132 valence electrons. The van der Waals surface area contributed by atoms with Crippen LogP contribution in [0.15, 0.2) is 24.3 Å². The predicted molar refractivity (Wildman–Crippen MR) is 83.0 cm³/mol. The molecule has 0 saturated carbocycles. The van der Waals surface area contributed by atoms with Crippen molar-refractivity contribution in [1.29, 1.82) is 0 Å². The van der Waals surface area contributed by atoms with Crippen molar-refractivity contribution in [2.45, 2.75) is 31.0 Å². The van der Waals surface area contributed by atoms with Gasteiger partial charge in [-0.3, -0.25) is 9.69 Å². The fourth-order valence-electron chi connectivity index (χ4n) is 3.65. The van der Waals surface area contributed by atoms with Crippen molar-refractivity contribution < 1.29 is 22.7 Å². The van der Waals surface area contributed by atoms with Gasteiger partial charge in [-0.1, -0.05) is 12.1 Å². The van der Waals surface area contributed by atoms with Gasteiger partial charge in [0, 0.05) is 13.1 Å². The second-order valence-corrected chi connectivity index (χ2v) is 6.43. The number of rotatable bonds is 4. The van der Waals surface area contributed by atoms with Crippen LogP contribution in [0.2, 0.25) is 0 Å². The third kappa shape index (κ3) is 3.66. The Morgan fingerprint density at radius 3 is 2.50 bits per heavy atom. The molecule has 1 aromatic rings. The molecule has 2 aliphatic rings. The maximum Gasteiger partial charge on any atom is 0.406 e. The van der Waals surface area contributed by atoms with Gasteiger partial charge >= 0.3 is 6.18 Å². The largest absolute Gasteiger partial charge is 0.497 e. The number of likely N-dealkylation sites (tertiary alicyclic amines) is 2. The molecule has 0 bridgehead atoms. The highest BCUT2D eigenvalue weighted by Crippen LogP contribution is 2.32. The molecule has 1 aromatic carbocycles. The summed E-state index contributed by atoms with van der Waals surface area (Å²) < 4.78 is 42.7. The highest BCUT2D eigenvalue weighted by atomic mass is 19.4. The number of ether oxygens (including phenoxy) is 1. The molecule has 0 aromatic heterocycles. The zero-order chi connectivity index (χ0) is 17.3. The lowest BCUT2D eigenvalue weighted by Crippen LogP contribution is -2.43. The van der Waals surface area contributed by atoms with Crippen LogP contribution in [0.4, 0.5) is 13.2 Å². The Bertz CT molecular complexity index is 588. The third-order valence-electron chi connectivity index (χ3n) is 4.89. The zero-order valence-electron chi connectivity index (χ0n) is 13.6. The van der Waals surface area contributed by atoms with Crippen molar-refractivity contribution in [2.24, 2.45) is 0 Å². The predicted octanol–water partition coefficient (Wildman–Crippen LogP) is 2.65. The molecule has 2 unspecified atom stereocenters. The summed E-state index contributed by atoms with van der Waals surface area (Å²) >= 11 is 0. The highest BCUT2D eigenvalue weighted by molar-refractivity contribution is 5.84. The summed E-state index contributed by atoms with van der Waals surface area (Å²) in [5.74, 6) is 0.713. The van der Waals surface area contributed by atoms with E-state index in [0.29, 0.717) is 18.9 Å². The van der Waals surface area contributed by atoms with Crippen LogP contribution in [-0.4, -0.2) is 61.2 Å². The highest BCUT2D eigenvalue weighted by Gasteiger charge is 2.43. The average Bonchev–Trinajstić information content (AvgIpc) is 3.14. The standard InChI is InChI=1S/C17H21F3N2O2/c1-24-14-4-2-12(3-5-14)13-6-8-21(10-13)15-7-9-22(16(15)23)11-17(18,19)20/h2-5,13,15H,6-11H2,1H3. The topological polar surface area (TPSA) is 32.8 Å². The number of amides is 1. The quantitative estimate of drug-likeness (QED) is 0.843. The van der Waals surface area contributed by atoms with Crippen molar-refractivity contribution >= 4 is 5.91 Å². The second kappa shape index (κ2) is 6.63. The molecule has 7 heteroatoms. The fourth-order valence-corrected chi connectivity index (χ4v) is 3.65. The number of methoxy groups -OCH3 is 1. The number of carbonyl (C=O) groups excluding carboxylic acids is 1. The number of carbonyl (C=O) groups is 1. The van der Waals surface area contributed by atoms with Gasteiger partial charge in [-0.05, 0) is 43.0 Å². The maximum absolute atomic E-state index is 12.5. The third-order valence-corrected chi connectivity index (χ3v) is 4.89. The van der Waals surface area contributed by atoms with E-state index in [2.05, 4.69) is 0 Å². The van der Waals surface area contributed by atoms with Gasteiger partial charge in [-0.15, -0.1) is 0 Å². The summed E-state index contributed by atoms with van der Waals surface area (Å²) in [5.41, 5.74) is 1.18. The zero-order valence-corrected chi connectivity index (χ0v) is 13.6. The number of halogens is 3. The van der Waals surface area contributed by atoms with Gasteiger partial charge in [0.05, 0.1) is 13.2 Å². The molecule has 1 amide bonds. The van der Waals surface area contributed by atoms with E-state index in [1.54, 1.807) is 7.11 Å². The van der Waals surface area contributed by atoms with Gasteiger partial charge in [-0.25, -0.2) is 0 Å². The Morgan fingerprint density at radius 1 is 1.17 bits per heavy atom. The monoisotopic (exact) mass is 342 g/mol. The van der Waals surface area contributed by atoms with Gasteiger partial charge in [0.15, 0.2) is 0 Å². The van der Waals surface area contributed by atoms with Crippen molar-refractivity contribution in [3.05, 3.63) is 29.8 Å². The van der Waals surface area contributed by atoms with Crippen LogP contribution in [0.25, 0.3) is 0 Å². The summed E-state index contributed by atoms with van der Waals surface area (Å²) in [6, 6.07) is 7.43. The van der Waals surface area contributed by atoms with E-state index in [1.165, 1.54) is 5.56 Å². The van der Waals surface area contributed by atoms with E-state index in [1.807, 2.05) is 29.2 Å². The summed E-state index contributed by atoms with van der Waals surface area (Å²) in [6.07, 6.45) is -2.94. The summed E-state index contributed by atoms with van der Waals surface area (Å²) in [4.78, 5) is 15.2. The number of hydrogen-bond donors (Lipinski definition) is 0. The van der Waals surface area contributed by atoms with Gasteiger partial charge in [0.2, 0.25) is 5.91 Å². The first-order valence-electron chi connectivity index (χ1n) is 8.11. The Morgan fingerprint density at radius 2 is 1.88 bits per heavy atom. The summed E-state index contributed by atoms with van der Waals surface area (Å²) in [6.45, 7) is 0.500. The van der Waals surface area contributed by atoms with E-state index >= 15 is 0 Å². The van der Waals surface area contributed by atoms with E-state index in [-0.39, 0.29) is 12.5 Å². The number of alkyl halides is 3. The molecular formula is C17H21F3N2O2. The minimum Gasteiger partial charge on any atom is -0.497 e. The number of nitrogens with zero attached hydrogens (tertiary/aromatic N) is 2. The molecule has 4 nitrogen and oxygen atoms in total. The molecular weight excluding hydrogens is 321 g/mol. The van der Waals surface area contributed by atoms with Crippen LogP contribution in [0.3, 0.4) is 0 Å². The summed E-state index contributed by atoms with van der Waals surface area (Å²) in [7, 11) is 1.62. The molecule has 2 saturated heterocycles. The second-order valence-electron chi connectivity index (χ2n) is 6.43. The van der Waals surface area contributed by atoms with E-state index in [0.717, 1.165) is 23.6 Å². The van der Waals surface area contributed by atoms with E-state index in [9.17, 15) is 18.0 Å². The first-order valence-corrected chi connectivity index (χ1v) is 8.11. The minimum absolute atomic E-state index is 0.187. The van der Waals surface area contributed by atoms with Crippen LogP contribution in [0, 0.1) is 0 Å². The molecule has 0 aliphatic carbocycles. The van der Waals surface area contributed by atoms with Crippen LogP contribution in [0.5, 0.6) is 5.75 Å². The Balaban J connectivity index is 1.60. The first-order chi connectivity index (χ1) is 11.4. The van der Waals surface area contributed by atoms with Crippen LogP contribution in [0.1, 0.15) is 24.3 Å². The molecule has 24 heavy (non-hydrogen) atoms. The molecule has 3 rings (SSSR count). The first kappa shape index (κ1) is 17.1. The molecule has 2 heterocycles. The van der Waals surface area contributed by atoms with Crippen LogP contribution < -0.4 is 4.74 Å². The smallest absolute Gasteiger partial charge is 0.406 e. The molecule has 2 atom stereocenters. The van der Waals surface area contributed by atoms with Crippen LogP contribution in [-0.2, 0) is 4.79 Å². The Kier molecular flexibility index (Phi) is 4.71. The Labute approximate surface area is 139 Å².